The van der Waals surface area contributed by atoms with Crippen LogP contribution in [0.4, 0.5) is 5.82 Å². The third-order valence-corrected chi connectivity index (χ3v) is 5.10. The smallest absolute Gasteiger partial charge is 0.163 e. The lowest BCUT2D eigenvalue weighted by atomic mass is 10.0. The van der Waals surface area contributed by atoms with Crippen molar-refractivity contribution in [3.05, 3.63) is 35.8 Å². The standard InChI is InChI=1S/C20H30N6/c1-15-16(2)22-20(17-6-5-9-21-14-17)24-19(15)23-18-7-10-26(11-8-18)13-12-25(3)4/h5-6,9,14,18H,7-8,10-13H2,1-4H3,(H,22,23,24). The van der Waals surface area contributed by atoms with Crippen LogP contribution < -0.4 is 5.32 Å². The van der Waals surface area contributed by atoms with Crippen LogP contribution in [0.25, 0.3) is 11.4 Å². The van der Waals surface area contributed by atoms with Gasteiger partial charge in [0.25, 0.3) is 0 Å². The molecule has 6 heteroatoms. The predicted molar refractivity (Wildman–Crippen MR) is 106 cm³/mol. The molecule has 1 fully saturated rings. The number of piperidine rings is 1. The molecule has 26 heavy (non-hydrogen) atoms. The number of likely N-dealkylation sites (tertiary alicyclic amines) is 1. The fourth-order valence-corrected chi connectivity index (χ4v) is 3.23. The summed E-state index contributed by atoms with van der Waals surface area (Å²) in [7, 11) is 4.27. The number of hydrogen-bond donors (Lipinski definition) is 1. The van der Waals surface area contributed by atoms with Crippen LogP contribution in [-0.4, -0.2) is 71.1 Å². The van der Waals surface area contributed by atoms with E-state index in [4.69, 9.17) is 4.98 Å². The molecule has 0 aliphatic carbocycles. The van der Waals surface area contributed by atoms with E-state index in [0.29, 0.717) is 6.04 Å². The molecule has 2 aromatic heterocycles. The molecule has 1 saturated heterocycles. The Hall–Kier alpha value is -2.05. The molecular formula is C20H30N6. The highest BCUT2D eigenvalue weighted by atomic mass is 15.2. The second-order valence-corrected chi connectivity index (χ2v) is 7.41. The summed E-state index contributed by atoms with van der Waals surface area (Å²) in [6.07, 6.45) is 5.89. The van der Waals surface area contributed by atoms with E-state index in [-0.39, 0.29) is 0 Å². The van der Waals surface area contributed by atoms with Gasteiger partial charge in [0, 0.05) is 61.4 Å². The summed E-state index contributed by atoms with van der Waals surface area (Å²) in [4.78, 5) is 18.4. The van der Waals surface area contributed by atoms with Crippen molar-refractivity contribution in [3.8, 4) is 11.4 Å². The minimum absolute atomic E-state index is 0.473. The van der Waals surface area contributed by atoms with Crippen LogP contribution in [0.3, 0.4) is 0 Å². The van der Waals surface area contributed by atoms with E-state index in [2.05, 4.69) is 46.1 Å². The van der Waals surface area contributed by atoms with E-state index in [1.165, 1.54) is 0 Å². The van der Waals surface area contributed by atoms with Crippen molar-refractivity contribution >= 4 is 5.82 Å². The van der Waals surface area contributed by atoms with Crippen LogP contribution in [0, 0.1) is 13.8 Å². The highest BCUT2D eigenvalue weighted by Gasteiger charge is 2.20. The van der Waals surface area contributed by atoms with E-state index in [9.17, 15) is 0 Å². The summed E-state index contributed by atoms with van der Waals surface area (Å²) in [5.74, 6) is 1.70. The zero-order valence-corrected chi connectivity index (χ0v) is 16.4. The first-order chi connectivity index (χ1) is 12.5. The van der Waals surface area contributed by atoms with Gasteiger partial charge in [-0.3, -0.25) is 4.98 Å². The molecule has 0 amide bonds. The summed E-state index contributed by atoms with van der Waals surface area (Å²) in [6.45, 7) is 8.70. The van der Waals surface area contributed by atoms with Crippen molar-refractivity contribution in [3.63, 3.8) is 0 Å². The highest BCUT2D eigenvalue weighted by Crippen LogP contribution is 2.23. The molecule has 0 unspecified atom stereocenters. The van der Waals surface area contributed by atoms with Gasteiger partial charge in [0.05, 0.1) is 0 Å². The second kappa shape index (κ2) is 8.56. The third-order valence-electron chi connectivity index (χ3n) is 5.10. The van der Waals surface area contributed by atoms with Gasteiger partial charge in [-0.05, 0) is 52.9 Å². The van der Waals surface area contributed by atoms with Crippen LogP contribution in [0.15, 0.2) is 24.5 Å². The maximum atomic E-state index is 4.79. The minimum Gasteiger partial charge on any atom is -0.367 e. The Labute approximate surface area is 156 Å². The molecular weight excluding hydrogens is 324 g/mol. The molecule has 0 saturated carbocycles. The van der Waals surface area contributed by atoms with Gasteiger partial charge >= 0.3 is 0 Å². The molecule has 1 N–H and O–H groups in total. The molecule has 2 aromatic rings. The zero-order valence-electron chi connectivity index (χ0n) is 16.4. The SMILES string of the molecule is Cc1nc(-c2cccnc2)nc(NC2CCN(CCN(C)C)CC2)c1C. The first-order valence-electron chi connectivity index (χ1n) is 9.42. The molecule has 140 valence electrons. The lowest BCUT2D eigenvalue weighted by Crippen LogP contribution is -2.42. The van der Waals surface area contributed by atoms with E-state index < -0.39 is 0 Å². The molecule has 6 nitrogen and oxygen atoms in total. The Morgan fingerprint density at radius 3 is 2.62 bits per heavy atom. The van der Waals surface area contributed by atoms with Gasteiger partial charge in [0.15, 0.2) is 5.82 Å². The van der Waals surface area contributed by atoms with E-state index in [0.717, 1.165) is 67.5 Å². The lowest BCUT2D eigenvalue weighted by Gasteiger charge is -2.33. The monoisotopic (exact) mass is 354 g/mol. The maximum Gasteiger partial charge on any atom is 0.163 e. The Balaban J connectivity index is 1.66. The van der Waals surface area contributed by atoms with Gasteiger partial charge in [-0.15, -0.1) is 0 Å². The van der Waals surface area contributed by atoms with Gasteiger partial charge in [0.2, 0.25) is 0 Å². The number of rotatable bonds is 6. The largest absolute Gasteiger partial charge is 0.367 e. The first kappa shape index (κ1) is 18.7. The first-order valence-corrected chi connectivity index (χ1v) is 9.42. The number of likely N-dealkylation sites (N-methyl/N-ethyl adjacent to an activating group) is 1. The zero-order chi connectivity index (χ0) is 18.5. The Morgan fingerprint density at radius 1 is 1.19 bits per heavy atom. The number of aromatic nitrogens is 3. The molecule has 0 atom stereocenters. The van der Waals surface area contributed by atoms with E-state index in [1.54, 1.807) is 6.20 Å². The molecule has 1 aliphatic rings. The number of nitrogens with one attached hydrogen (secondary N) is 1. The Kier molecular flexibility index (Phi) is 6.16. The number of anilines is 1. The van der Waals surface area contributed by atoms with Gasteiger partial charge in [0.1, 0.15) is 5.82 Å². The average Bonchev–Trinajstić information content (AvgIpc) is 2.65. The van der Waals surface area contributed by atoms with Crippen molar-refractivity contribution in [2.45, 2.75) is 32.7 Å². The molecule has 0 radical (unpaired) electrons. The Bertz CT molecular complexity index is 708. The molecule has 3 heterocycles. The maximum absolute atomic E-state index is 4.79. The molecule has 0 aromatic carbocycles. The second-order valence-electron chi connectivity index (χ2n) is 7.41. The lowest BCUT2D eigenvalue weighted by molar-refractivity contribution is 0.199. The van der Waals surface area contributed by atoms with Gasteiger partial charge in [-0.1, -0.05) is 0 Å². The number of aryl methyl sites for hydroxylation is 1. The van der Waals surface area contributed by atoms with Crippen molar-refractivity contribution in [2.75, 3.05) is 45.6 Å². The minimum atomic E-state index is 0.473. The number of nitrogens with zero attached hydrogens (tertiary/aromatic N) is 5. The Morgan fingerprint density at radius 2 is 1.96 bits per heavy atom. The third kappa shape index (κ3) is 4.77. The van der Waals surface area contributed by atoms with Crippen molar-refractivity contribution in [1.82, 2.24) is 24.8 Å². The number of hydrogen-bond acceptors (Lipinski definition) is 6. The van der Waals surface area contributed by atoms with E-state index in [1.807, 2.05) is 25.3 Å². The van der Waals surface area contributed by atoms with Gasteiger partial charge < -0.3 is 15.1 Å². The van der Waals surface area contributed by atoms with Gasteiger partial charge in [-0.2, -0.15) is 0 Å². The van der Waals surface area contributed by atoms with E-state index >= 15 is 0 Å². The van der Waals surface area contributed by atoms with Crippen LogP contribution >= 0.6 is 0 Å². The van der Waals surface area contributed by atoms with Crippen molar-refractivity contribution in [2.24, 2.45) is 0 Å². The average molecular weight is 355 g/mol. The fraction of sp³-hybridized carbons (Fsp3) is 0.550. The molecule has 0 spiro atoms. The van der Waals surface area contributed by atoms with Crippen LogP contribution in [0.5, 0.6) is 0 Å². The molecule has 0 bridgehead atoms. The van der Waals surface area contributed by atoms with Crippen LogP contribution in [0.1, 0.15) is 24.1 Å². The van der Waals surface area contributed by atoms with Crippen molar-refractivity contribution < 1.29 is 0 Å². The van der Waals surface area contributed by atoms with Crippen LogP contribution in [0.2, 0.25) is 0 Å². The summed E-state index contributed by atoms with van der Waals surface area (Å²) in [5.41, 5.74) is 3.11. The normalized spacial score (nSPS) is 16.2. The van der Waals surface area contributed by atoms with Crippen molar-refractivity contribution in [1.29, 1.82) is 0 Å². The highest BCUT2D eigenvalue weighted by molar-refractivity contribution is 5.58. The fourth-order valence-electron chi connectivity index (χ4n) is 3.23. The summed E-state index contributed by atoms with van der Waals surface area (Å²) in [5, 5.41) is 3.68. The van der Waals surface area contributed by atoms with Crippen LogP contribution in [-0.2, 0) is 0 Å². The number of pyridine rings is 1. The topological polar surface area (TPSA) is 57.2 Å². The predicted octanol–water partition coefficient (Wildman–Crippen LogP) is 2.59. The summed E-state index contributed by atoms with van der Waals surface area (Å²) >= 11 is 0. The van der Waals surface area contributed by atoms with Gasteiger partial charge in [-0.25, -0.2) is 9.97 Å². The molecule has 3 rings (SSSR count). The summed E-state index contributed by atoms with van der Waals surface area (Å²) in [6, 6.07) is 4.40. The summed E-state index contributed by atoms with van der Waals surface area (Å²) < 4.78 is 0. The quantitative estimate of drug-likeness (QED) is 0.860. The molecule has 1 aliphatic heterocycles.